The fourth-order valence-electron chi connectivity index (χ4n) is 1.14. The number of rotatable bonds is 8. The van der Waals surface area contributed by atoms with Crippen molar-refractivity contribution in [3.8, 4) is 0 Å². The highest BCUT2D eigenvalue weighted by Gasteiger charge is 2.19. The predicted octanol–water partition coefficient (Wildman–Crippen LogP) is 1.21. The molecule has 1 atom stereocenters. The topological polar surface area (TPSA) is 72.8 Å². The van der Waals surface area contributed by atoms with Crippen molar-refractivity contribution in [3.63, 3.8) is 0 Å². The van der Waals surface area contributed by atoms with Gasteiger partial charge in [-0.25, -0.2) is 4.79 Å². The highest BCUT2D eigenvalue weighted by atomic mass is 16.6. The summed E-state index contributed by atoms with van der Waals surface area (Å²) in [5, 5.41) is 8.44. The fourth-order valence-corrected chi connectivity index (χ4v) is 1.14. The van der Waals surface area contributed by atoms with E-state index in [1.54, 1.807) is 13.8 Å². The van der Waals surface area contributed by atoms with Gasteiger partial charge in [-0.15, -0.1) is 0 Å². The summed E-state index contributed by atoms with van der Waals surface area (Å²) in [4.78, 5) is 21.6. The van der Waals surface area contributed by atoms with E-state index in [1.807, 2.05) is 0 Å². The number of ether oxygens (including phenoxy) is 2. The standard InChI is InChI=1S/C10H18O5/c1-3-14-8(10(13)15-4-2)6-5-7-9(11)12/h8H,3-7H2,1-2H3,(H,11,12). The Kier molecular flexibility index (Phi) is 7.62. The van der Waals surface area contributed by atoms with Crippen LogP contribution in [0.15, 0.2) is 0 Å². The molecular formula is C10H18O5. The van der Waals surface area contributed by atoms with Gasteiger partial charge in [0.2, 0.25) is 0 Å². The summed E-state index contributed by atoms with van der Waals surface area (Å²) in [6, 6.07) is 0. The van der Waals surface area contributed by atoms with Gasteiger partial charge < -0.3 is 14.6 Å². The Balaban J connectivity index is 3.91. The van der Waals surface area contributed by atoms with E-state index in [1.165, 1.54) is 0 Å². The van der Waals surface area contributed by atoms with Gasteiger partial charge in [0.1, 0.15) is 0 Å². The number of hydrogen-bond acceptors (Lipinski definition) is 4. The molecule has 0 amide bonds. The van der Waals surface area contributed by atoms with Crippen LogP contribution in [0.2, 0.25) is 0 Å². The molecule has 5 nitrogen and oxygen atoms in total. The first kappa shape index (κ1) is 13.9. The zero-order chi connectivity index (χ0) is 11.7. The lowest BCUT2D eigenvalue weighted by molar-refractivity contribution is -0.157. The lowest BCUT2D eigenvalue weighted by atomic mass is 10.1. The normalized spacial score (nSPS) is 12.1. The largest absolute Gasteiger partial charge is 0.481 e. The SMILES string of the molecule is CCOC(=O)C(CCCC(=O)O)OCC. The lowest BCUT2D eigenvalue weighted by Crippen LogP contribution is -2.26. The Morgan fingerprint density at radius 1 is 1.27 bits per heavy atom. The van der Waals surface area contributed by atoms with Crippen molar-refractivity contribution in [2.75, 3.05) is 13.2 Å². The van der Waals surface area contributed by atoms with Crippen LogP contribution in [0.5, 0.6) is 0 Å². The van der Waals surface area contributed by atoms with E-state index in [2.05, 4.69) is 0 Å². The van der Waals surface area contributed by atoms with Crippen LogP contribution < -0.4 is 0 Å². The van der Waals surface area contributed by atoms with E-state index in [0.29, 0.717) is 26.1 Å². The molecule has 0 aliphatic carbocycles. The molecule has 0 saturated heterocycles. The number of aliphatic carboxylic acids is 1. The number of carboxylic acid groups (broad SMARTS) is 1. The maximum absolute atomic E-state index is 11.3. The number of esters is 1. The van der Waals surface area contributed by atoms with Crippen molar-refractivity contribution in [2.24, 2.45) is 0 Å². The van der Waals surface area contributed by atoms with Crippen molar-refractivity contribution in [1.29, 1.82) is 0 Å². The minimum Gasteiger partial charge on any atom is -0.481 e. The predicted molar refractivity (Wildman–Crippen MR) is 53.5 cm³/mol. The average Bonchev–Trinajstić information content (AvgIpc) is 2.16. The zero-order valence-electron chi connectivity index (χ0n) is 9.19. The highest BCUT2D eigenvalue weighted by molar-refractivity contribution is 5.74. The first-order valence-electron chi connectivity index (χ1n) is 5.11. The van der Waals surface area contributed by atoms with Gasteiger partial charge in [0.15, 0.2) is 6.10 Å². The monoisotopic (exact) mass is 218 g/mol. The third kappa shape index (κ3) is 6.90. The van der Waals surface area contributed by atoms with Gasteiger partial charge in [0, 0.05) is 13.0 Å². The van der Waals surface area contributed by atoms with E-state index in [-0.39, 0.29) is 6.42 Å². The molecule has 0 aromatic rings. The summed E-state index contributed by atoms with van der Waals surface area (Å²) in [5.41, 5.74) is 0. The molecule has 0 aliphatic heterocycles. The molecule has 0 aromatic heterocycles. The van der Waals surface area contributed by atoms with Crippen LogP contribution in [-0.4, -0.2) is 36.4 Å². The molecule has 0 aliphatic rings. The molecule has 0 aromatic carbocycles. The summed E-state index contributed by atoms with van der Waals surface area (Å²) in [6.07, 6.45) is 0.218. The Labute approximate surface area is 89.4 Å². The molecule has 0 radical (unpaired) electrons. The molecular weight excluding hydrogens is 200 g/mol. The van der Waals surface area contributed by atoms with Crippen molar-refractivity contribution in [1.82, 2.24) is 0 Å². The van der Waals surface area contributed by atoms with Crippen LogP contribution in [0.3, 0.4) is 0 Å². The van der Waals surface area contributed by atoms with Crippen molar-refractivity contribution in [2.45, 2.75) is 39.2 Å². The molecule has 88 valence electrons. The average molecular weight is 218 g/mol. The second-order valence-electron chi connectivity index (χ2n) is 2.98. The van der Waals surface area contributed by atoms with E-state index < -0.39 is 18.0 Å². The van der Waals surface area contributed by atoms with Crippen molar-refractivity contribution >= 4 is 11.9 Å². The van der Waals surface area contributed by atoms with Gasteiger partial charge in [-0.2, -0.15) is 0 Å². The minimum atomic E-state index is -0.867. The summed E-state index contributed by atoms with van der Waals surface area (Å²) in [5.74, 6) is -1.28. The van der Waals surface area contributed by atoms with Crippen molar-refractivity contribution < 1.29 is 24.2 Å². The Morgan fingerprint density at radius 2 is 1.93 bits per heavy atom. The fraction of sp³-hybridized carbons (Fsp3) is 0.800. The number of hydrogen-bond donors (Lipinski definition) is 1. The van der Waals surface area contributed by atoms with Crippen LogP contribution in [0.4, 0.5) is 0 Å². The van der Waals surface area contributed by atoms with Gasteiger partial charge >= 0.3 is 11.9 Å². The second kappa shape index (κ2) is 8.23. The maximum atomic E-state index is 11.3. The van der Waals surface area contributed by atoms with Gasteiger partial charge in [-0.1, -0.05) is 0 Å². The van der Waals surface area contributed by atoms with Gasteiger partial charge in [0.25, 0.3) is 0 Å². The van der Waals surface area contributed by atoms with Gasteiger partial charge in [-0.05, 0) is 26.7 Å². The molecule has 0 saturated carbocycles. The second-order valence-corrected chi connectivity index (χ2v) is 2.98. The summed E-state index contributed by atoms with van der Waals surface area (Å²) in [6.45, 7) is 4.22. The van der Waals surface area contributed by atoms with E-state index in [0.717, 1.165) is 0 Å². The summed E-state index contributed by atoms with van der Waals surface area (Å²) >= 11 is 0. The third-order valence-corrected chi connectivity index (χ3v) is 1.77. The van der Waals surface area contributed by atoms with E-state index in [9.17, 15) is 9.59 Å². The van der Waals surface area contributed by atoms with Crippen LogP contribution in [0.25, 0.3) is 0 Å². The molecule has 15 heavy (non-hydrogen) atoms. The summed E-state index contributed by atoms with van der Waals surface area (Å²) in [7, 11) is 0. The zero-order valence-corrected chi connectivity index (χ0v) is 9.19. The minimum absolute atomic E-state index is 0.0446. The van der Waals surface area contributed by atoms with Crippen molar-refractivity contribution in [3.05, 3.63) is 0 Å². The smallest absolute Gasteiger partial charge is 0.335 e. The molecule has 1 N–H and O–H groups in total. The summed E-state index contributed by atoms with van der Waals surface area (Å²) < 4.78 is 9.97. The van der Waals surface area contributed by atoms with Crippen LogP contribution in [-0.2, 0) is 19.1 Å². The number of carboxylic acids is 1. The molecule has 0 rings (SSSR count). The Morgan fingerprint density at radius 3 is 2.40 bits per heavy atom. The molecule has 0 heterocycles. The number of carbonyl (C=O) groups excluding carboxylic acids is 1. The van der Waals surface area contributed by atoms with E-state index in [4.69, 9.17) is 14.6 Å². The molecule has 5 heteroatoms. The molecule has 0 bridgehead atoms. The molecule has 0 fully saturated rings. The number of carbonyl (C=O) groups is 2. The third-order valence-electron chi connectivity index (χ3n) is 1.77. The molecule has 1 unspecified atom stereocenters. The highest BCUT2D eigenvalue weighted by Crippen LogP contribution is 2.07. The molecule has 0 spiro atoms. The maximum Gasteiger partial charge on any atom is 0.335 e. The van der Waals surface area contributed by atoms with Crippen LogP contribution in [0, 0.1) is 0 Å². The van der Waals surface area contributed by atoms with E-state index >= 15 is 0 Å². The van der Waals surface area contributed by atoms with Gasteiger partial charge in [-0.3, -0.25) is 4.79 Å². The van der Waals surface area contributed by atoms with Crippen LogP contribution >= 0.6 is 0 Å². The Hall–Kier alpha value is -1.10. The van der Waals surface area contributed by atoms with Gasteiger partial charge in [0.05, 0.1) is 6.61 Å². The van der Waals surface area contributed by atoms with Crippen LogP contribution in [0.1, 0.15) is 33.1 Å². The first-order valence-corrected chi connectivity index (χ1v) is 5.11. The quantitative estimate of drug-likeness (QED) is 0.620. The lowest BCUT2D eigenvalue weighted by Gasteiger charge is -2.14. The first-order chi connectivity index (χ1) is 7.11. The Bertz CT molecular complexity index is 202.